The van der Waals surface area contributed by atoms with Crippen molar-refractivity contribution in [2.24, 2.45) is 0 Å². The molecule has 0 aliphatic carbocycles. The lowest BCUT2D eigenvalue weighted by molar-refractivity contribution is 0.278. The van der Waals surface area contributed by atoms with Crippen LogP contribution in [-0.2, 0) is 6.42 Å². The first-order valence-corrected chi connectivity index (χ1v) is 4.50. The molecule has 1 fully saturated rings. The Morgan fingerprint density at radius 2 is 2.62 bits per heavy atom. The summed E-state index contributed by atoms with van der Waals surface area (Å²) >= 11 is 0. The number of H-pyrrole nitrogens is 1. The van der Waals surface area contributed by atoms with Gasteiger partial charge in [0.1, 0.15) is 0 Å². The highest BCUT2D eigenvalue weighted by atomic mass is 16.5. The highest BCUT2D eigenvalue weighted by Gasteiger charge is 2.22. The zero-order chi connectivity index (χ0) is 9.26. The van der Waals surface area contributed by atoms with Crippen molar-refractivity contribution in [2.45, 2.75) is 25.3 Å². The molecule has 1 atom stereocenters. The molecule has 5 heteroatoms. The van der Waals surface area contributed by atoms with Crippen LogP contribution in [0.4, 0.5) is 0 Å². The van der Waals surface area contributed by atoms with Gasteiger partial charge in [0.2, 0.25) is 5.89 Å². The third-order valence-corrected chi connectivity index (χ3v) is 2.56. The predicted octanol–water partition coefficient (Wildman–Crippen LogP) is -0.000400. The Kier molecular flexibility index (Phi) is 2.18. The van der Waals surface area contributed by atoms with E-state index in [0.29, 0.717) is 11.9 Å². The van der Waals surface area contributed by atoms with Gasteiger partial charge in [0.05, 0.1) is 0 Å². The minimum absolute atomic E-state index is 0.393. The SMILES string of the molecule is CN1CCCC1Cc1nc(=O)[nH]o1. The number of aromatic amines is 1. The molecular formula is C8H13N3O2. The Morgan fingerprint density at radius 1 is 1.77 bits per heavy atom. The van der Waals surface area contributed by atoms with Crippen molar-refractivity contribution in [3.8, 4) is 0 Å². The summed E-state index contributed by atoms with van der Waals surface area (Å²) in [6, 6.07) is 0.478. The van der Waals surface area contributed by atoms with E-state index in [-0.39, 0.29) is 0 Å². The Morgan fingerprint density at radius 3 is 3.15 bits per heavy atom. The molecule has 0 saturated carbocycles. The van der Waals surface area contributed by atoms with Crippen molar-refractivity contribution in [3.05, 3.63) is 16.4 Å². The van der Waals surface area contributed by atoms with E-state index in [0.717, 1.165) is 19.4 Å². The van der Waals surface area contributed by atoms with Crippen molar-refractivity contribution in [1.82, 2.24) is 15.0 Å². The van der Waals surface area contributed by atoms with Crippen molar-refractivity contribution < 1.29 is 4.52 Å². The summed E-state index contributed by atoms with van der Waals surface area (Å²) in [5.41, 5.74) is -0.393. The van der Waals surface area contributed by atoms with Gasteiger partial charge in [0.25, 0.3) is 0 Å². The molecule has 0 aromatic carbocycles. The summed E-state index contributed by atoms with van der Waals surface area (Å²) in [5, 5.41) is 2.20. The molecular weight excluding hydrogens is 170 g/mol. The Bertz CT molecular complexity index is 330. The molecule has 0 spiro atoms. The largest absolute Gasteiger partial charge is 0.377 e. The van der Waals surface area contributed by atoms with E-state index in [1.54, 1.807) is 0 Å². The molecule has 1 aromatic heterocycles. The summed E-state index contributed by atoms with van der Waals surface area (Å²) < 4.78 is 4.90. The molecule has 1 aliphatic heterocycles. The van der Waals surface area contributed by atoms with E-state index in [1.807, 2.05) is 0 Å². The van der Waals surface area contributed by atoms with Gasteiger partial charge in [0.15, 0.2) is 0 Å². The number of nitrogens with zero attached hydrogens (tertiary/aromatic N) is 2. The number of nitrogens with one attached hydrogen (secondary N) is 1. The van der Waals surface area contributed by atoms with Gasteiger partial charge in [-0.1, -0.05) is 0 Å². The van der Waals surface area contributed by atoms with Gasteiger partial charge in [-0.05, 0) is 26.4 Å². The van der Waals surface area contributed by atoms with Gasteiger partial charge in [-0.2, -0.15) is 10.1 Å². The maximum absolute atomic E-state index is 10.7. The van der Waals surface area contributed by atoms with Crippen LogP contribution in [0.15, 0.2) is 9.32 Å². The predicted molar refractivity (Wildman–Crippen MR) is 46.5 cm³/mol. The average Bonchev–Trinajstić information content (AvgIpc) is 2.64. The van der Waals surface area contributed by atoms with Crippen LogP contribution in [-0.4, -0.2) is 34.7 Å². The van der Waals surface area contributed by atoms with Gasteiger partial charge < -0.3 is 9.42 Å². The fourth-order valence-electron chi connectivity index (χ4n) is 1.79. The highest BCUT2D eigenvalue weighted by Crippen LogP contribution is 2.17. The Hall–Kier alpha value is -1.10. The first-order valence-electron chi connectivity index (χ1n) is 4.50. The van der Waals surface area contributed by atoms with E-state index in [2.05, 4.69) is 22.1 Å². The summed E-state index contributed by atoms with van der Waals surface area (Å²) in [6.45, 7) is 1.12. The van der Waals surface area contributed by atoms with Gasteiger partial charge >= 0.3 is 5.69 Å². The Balaban J connectivity index is 2.01. The van der Waals surface area contributed by atoms with E-state index in [4.69, 9.17) is 4.52 Å². The number of hydrogen-bond donors (Lipinski definition) is 1. The minimum Gasteiger partial charge on any atom is -0.362 e. The molecule has 2 rings (SSSR count). The van der Waals surface area contributed by atoms with Crippen molar-refractivity contribution in [1.29, 1.82) is 0 Å². The van der Waals surface area contributed by atoms with Crippen LogP contribution in [0.25, 0.3) is 0 Å². The fourth-order valence-corrected chi connectivity index (χ4v) is 1.79. The van der Waals surface area contributed by atoms with Crippen LogP contribution in [0.3, 0.4) is 0 Å². The third-order valence-electron chi connectivity index (χ3n) is 2.56. The average molecular weight is 183 g/mol. The number of likely N-dealkylation sites (tertiary alicyclic amines) is 1. The zero-order valence-corrected chi connectivity index (χ0v) is 7.62. The molecule has 72 valence electrons. The number of aromatic nitrogens is 2. The van der Waals surface area contributed by atoms with Crippen LogP contribution in [0, 0.1) is 0 Å². The van der Waals surface area contributed by atoms with Crippen LogP contribution in [0.1, 0.15) is 18.7 Å². The molecule has 5 nitrogen and oxygen atoms in total. The molecule has 2 heterocycles. The monoisotopic (exact) mass is 183 g/mol. The second kappa shape index (κ2) is 3.33. The van der Waals surface area contributed by atoms with Crippen LogP contribution in [0.5, 0.6) is 0 Å². The van der Waals surface area contributed by atoms with E-state index >= 15 is 0 Å². The molecule has 1 aliphatic rings. The second-order valence-corrected chi connectivity index (χ2v) is 3.50. The number of rotatable bonds is 2. The normalized spacial score (nSPS) is 23.9. The van der Waals surface area contributed by atoms with Crippen LogP contribution < -0.4 is 5.69 Å². The molecule has 0 amide bonds. The number of likely N-dealkylation sites (N-methyl/N-ethyl adjacent to an activating group) is 1. The minimum atomic E-state index is -0.393. The first kappa shape index (κ1) is 8.50. The Labute approximate surface area is 75.7 Å². The highest BCUT2D eigenvalue weighted by molar-refractivity contribution is 4.86. The molecule has 1 N–H and O–H groups in total. The van der Waals surface area contributed by atoms with Gasteiger partial charge in [-0.25, -0.2) is 4.79 Å². The molecule has 1 saturated heterocycles. The summed E-state index contributed by atoms with van der Waals surface area (Å²) in [4.78, 5) is 16.6. The van der Waals surface area contributed by atoms with E-state index in [1.165, 1.54) is 6.42 Å². The standard InChI is InChI=1S/C8H13N3O2/c1-11-4-2-3-6(11)5-7-9-8(12)10-13-7/h6H,2-5H2,1H3,(H,10,12). The van der Waals surface area contributed by atoms with E-state index in [9.17, 15) is 4.79 Å². The lowest BCUT2D eigenvalue weighted by Gasteiger charge is -2.16. The van der Waals surface area contributed by atoms with Gasteiger partial charge in [-0.15, -0.1) is 0 Å². The second-order valence-electron chi connectivity index (χ2n) is 3.50. The third kappa shape index (κ3) is 1.80. The maximum atomic E-state index is 10.7. The molecule has 0 radical (unpaired) electrons. The van der Waals surface area contributed by atoms with Crippen LogP contribution in [0.2, 0.25) is 0 Å². The summed E-state index contributed by atoms with van der Waals surface area (Å²) in [7, 11) is 2.09. The zero-order valence-electron chi connectivity index (χ0n) is 7.62. The topological polar surface area (TPSA) is 62.1 Å². The fraction of sp³-hybridized carbons (Fsp3) is 0.750. The molecule has 1 aromatic rings. The quantitative estimate of drug-likeness (QED) is 0.701. The van der Waals surface area contributed by atoms with Crippen molar-refractivity contribution >= 4 is 0 Å². The molecule has 1 unspecified atom stereocenters. The first-order chi connectivity index (χ1) is 6.25. The smallest absolute Gasteiger partial charge is 0.362 e. The van der Waals surface area contributed by atoms with Crippen molar-refractivity contribution in [2.75, 3.05) is 13.6 Å². The van der Waals surface area contributed by atoms with Gasteiger partial charge in [-0.3, -0.25) is 0 Å². The summed E-state index contributed by atoms with van der Waals surface area (Å²) in [6.07, 6.45) is 3.11. The lowest BCUT2D eigenvalue weighted by Crippen LogP contribution is -2.27. The molecule has 13 heavy (non-hydrogen) atoms. The number of hydrogen-bond acceptors (Lipinski definition) is 4. The lowest BCUT2D eigenvalue weighted by atomic mass is 10.1. The maximum Gasteiger partial charge on any atom is 0.377 e. The van der Waals surface area contributed by atoms with Crippen LogP contribution >= 0.6 is 0 Å². The van der Waals surface area contributed by atoms with Gasteiger partial charge in [0, 0.05) is 12.5 Å². The van der Waals surface area contributed by atoms with Crippen molar-refractivity contribution in [3.63, 3.8) is 0 Å². The molecule has 0 bridgehead atoms. The summed E-state index contributed by atoms with van der Waals surface area (Å²) in [5.74, 6) is 0.517. The van der Waals surface area contributed by atoms with E-state index < -0.39 is 5.69 Å².